The summed E-state index contributed by atoms with van der Waals surface area (Å²) in [4.78, 5) is 11.3. The molecule has 2 amide bonds. The molecule has 1 unspecified atom stereocenters. The maximum atomic E-state index is 11.3. The Labute approximate surface area is 90.5 Å². The van der Waals surface area contributed by atoms with Crippen molar-refractivity contribution >= 4 is 6.03 Å². The summed E-state index contributed by atoms with van der Waals surface area (Å²) in [7, 11) is 0. The molecule has 1 aliphatic rings. The van der Waals surface area contributed by atoms with Gasteiger partial charge in [-0.15, -0.1) is 0 Å². The SMILES string of the molecule is CC(C)CNC(=O)NCC1COCCO1. The van der Waals surface area contributed by atoms with Crippen LogP contribution in [0.25, 0.3) is 0 Å². The average Bonchev–Trinajstić information content (AvgIpc) is 2.25. The third-order valence-corrected chi connectivity index (χ3v) is 2.05. The van der Waals surface area contributed by atoms with Crippen LogP contribution in [0.3, 0.4) is 0 Å². The lowest BCUT2D eigenvalue weighted by Crippen LogP contribution is -2.44. The second-order valence-electron chi connectivity index (χ2n) is 4.05. The van der Waals surface area contributed by atoms with Crippen molar-refractivity contribution in [1.29, 1.82) is 0 Å². The Kier molecular flexibility index (Phi) is 5.42. The van der Waals surface area contributed by atoms with Crippen LogP contribution in [-0.2, 0) is 9.47 Å². The highest BCUT2D eigenvalue weighted by Gasteiger charge is 2.14. The molecule has 0 aromatic rings. The first kappa shape index (κ1) is 12.3. The highest BCUT2D eigenvalue weighted by Crippen LogP contribution is 1.98. The van der Waals surface area contributed by atoms with Crippen LogP contribution in [0.4, 0.5) is 4.79 Å². The minimum Gasteiger partial charge on any atom is -0.376 e. The molecule has 0 radical (unpaired) electrons. The normalized spacial score (nSPS) is 21.4. The van der Waals surface area contributed by atoms with Gasteiger partial charge in [0.1, 0.15) is 0 Å². The van der Waals surface area contributed by atoms with E-state index >= 15 is 0 Å². The van der Waals surface area contributed by atoms with E-state index in [0.717, 1.165) is 0 Å². The van der Waals surface area contributed by atoms with E-state index in [1.165, 1.54) is 0 Å². The summed E-state index contributed by atoms with van der Waals surface area (Å²) >= 11 is 0. The Bertz CT molecular complexity index is 191. The third-order valence-electron chi connectivity index (χ3n) is 2.05. The zero-order valence-corrected chi connectivity index (χ0v) is 9.41. The number of carbonyl (C=O) groups is 1. The average molecular weight is 216 g/mol. The van der Waals surface area contributed by atoms with Crippen LogP contribution in [0.2, 0.25) is 0 Å². The Morgan fingerprint density at radius 3 is 2.80 bits per heavy atom. The van der Waals surface area contributed by atoms with Gasteiger partial charge in [0.25, 0.3) is 0 Å². The molecule has 88 valence electrons. The maximum Gasteiger partial charge on any atom is 0.314 e. The third kappa shape index (κ3) is 5.59. The van der Waals surface area contributed by atoms with Crippen LogP contribution in [0.15, 0.2) is 0 Å². The summed E-state index contributed by atoms with van der Waals surface area (Å²) in [6, 6.07) is -0.141. The summed E-state index contributed by atoms with van der Waals surface area (Å²) < 4.78 is 10.6. The summed E-state index contributed by atoms with van der Waals surface area (Å²) in [5, 5.41) is 5.53. The molecule has 0 aromatic carbocycles. The summed E-state index contributed by atoms with van der Waals surface area (Å²) in [6.07, 6.45) is -0.0106. The van der Waals surface area contributed by atoms with Gasteiger partial charge < -0.3 is 20.1 Å². The predicted molar refractivity (Wildman–Crippen MR) is 56.8 cm³/mol. The van der Waals surface area contributed by atoms with Gasteiger partial charge in [0, 0.05) is 13.1 Å². The number of urea groups is 1. The topological polar surface area (TPSA) is 59.6 Å². The maximum absolute atomic E-state index is 11.3. The molecule has 0 aliphatic carbocycles. The van der Waals surface area contributed by atoms with Gasteiger partial charge in [-0.2, -0.15) is 0 Å². The first-order valence-electron chi connectivity index (χ1n) is 5.39. The van der Waals surface area contributed by atoms with Crippen LogP contribution >= 0.6 is 0 Å². The summed E-state index contributed by atoms with van der Waals surface area (Å²) in [6.45, 7) is 7.12. The number of carbonyl (C=O) groups excluding carboxylic acids is 1. The van der Waals surface area contributed by atoms with E-state index in [0.29, 0.717) is 38.8 Å². The molecule has 1 atom stereocenters. The summed E-state index contributed by atoms with van der Waals surface area (Å²) in [5.74, 6) is 0.463. The van der Waals surface area contributed by atoms with Crippen molar-refractivity contribution in [2.45, 2.75) is 20.0 Å². The molecule has 5 nitrogen and oxygen atoms in total. The molecule has 0 saturated carbocycles. The second-order valence-corrected chi connectivity index (χ2v) is 4.05. The first-order valence-corrected chi connectivity index (χ1v) is 5.39. The van der Waals surface area contributed by atoms with Gasteiger partial charge in [-0.05, 0) is 5.92 Å². The monoisotopic (exact) mass is 216 g/mol. The minimum absolute atomic E-state index is 0.0106. The molecule has 0 bridgehead atoms. The van der Waals surface area contributed by atoms with Crippen molar-refractivity contribution in [3.63, 3.8) is 0 Å². The van der Waals surface area contributed by atoms with E-state index in [1.54, 1.807) is 0 Å². The molecule has 1 rings (SSSR count). The molecule has 2 N–H and O–H groups in total. The van der Waals surface area contributed by atoms with Crippen molar-refractivity contribution in [2.24, 2.45) is 5.92 Å². The minimum atomic E-state index is -0.141. The Morgan fingerprint density at radius 1 is 1.40 bits per heavy atom. The van der Waals surface area contributed by atoms with E-state index in [2.05, 4.69) is 24.5 Å². The lowest BCUT2D eigenvalue weighted by atomic mass is 10.2. The first-order chi connectivity index (χ1) is 7.18. The van der Waals surface area contributed by atoms with Crippen LogP contribution < -0.4 is 10.6 Å². The van der Waals surface area contributed by atoms with Gasteiger partial charge in [-0.1, -0.05) is 13.8 Å². The smallest absolute Gasteiger partial charge is 0.314 e. The number of hydrogen-bond acceptors (Lipinski definition) is 3. The quantitative estimate of drug-likeness (QED) is 0.713. The van der Waals surface area contributed by atoms with Gasteiger partial charge in [0.15, 0.2) is 0 Å². The van der Waals surface area contributed by atoms with Crippen LogP contribution in [-0.4, -0.2) is 45.0 Å². The van der Waals surface area contributed by atoms with E-state index in [4.69, 9.17) is 9.47 Å². The van der Waals surface area contributed by atoms with Crippen molar-refractivity contribution < 1.29 is 14.3 Å². The number of nitrogens with one attached hydrogen (secondary N) is 2. The van der Waals surface area contributed by atoms with Gasteiger partial charge >= 0.3 is 6.03 Å². The van der Waals surface area contributed by atoms with Crippen LogP contribution in [0.5, 0.6) is 0 Å². The molecule has 0 spiro atoms. The fourth-order valence-corrected chi connectivity index (χ4v) is 1.22. The molecule has 5 heteroatoms. The van der Waals surface area contributed by atoms with E-state index in [1.807, 2.05) is 0 Å². The fraction of sp³-hybridized carbons (Fsp3) is 0.900. The Balaban J connectivity index is 2.05. The predicted octanol–water partition coefficient (Wildman–Crippen LogP) is 0.357. The van der Waals surface area contributed by atoms with E-state index in [9.17, 15) is 4.79 Å². The largest absolute Gasteiger partial charge is 0.376 e. The van der Waals surface area contributed by atoms with Crippen molar-refractivity contribution in [3.05, 3.63) is 0 Å². The van der Waals surface area contributed by atoms with E-state index < -0.39 is 0 Å². The number of hydrogen-bond donors (Lipinski definition) is 2. The molecule has 1 aliphatic heterocycles. The summed E-state index contributed by atoms with van der Waals surface area (Å²) in [5.41, 5.74) is 0. The van der Waals surface area contributed by atoms with Crippen molar-refractivity contribution in [3.8, 4) is 0 Å². The molecule has 1 heterocycles. The van der Waals surface area contributed by atoms with Crippen molar-refractivity contribution in [2.75, 3.05) is 32.9 Å². The molecule has 15 heavy (non-hydrogen) atoms. The fourth-order valence-electron chi connectivity index (χ4n) is 1.22. The zero-order valence-electron chi connectivity index (χ0n) is 9.41. The Morgan fingerprint density at radius 2 is 2.20 bits per heavy atom. The zero-order chi connectivity index (χ0) is 11.1. The van der Waals surface area contributed by atoms with Gasteiger partial charge in [0.05, 0.1) is 25.9 Å². The van der Waals surface area contributed by atoms with Gasteiger partial charge in [-0.3, -0.25) is 0 Å². The molecule has 1 fully saturated rings. The van der Waals surface area contributed by atoms with Crippen molar-refractivity contribution in [1.82, 2.24) is 10.6 Å². The van der Waals surface area contributed by atoms with E-state index in [-0.39, 0.29) is 12.1 Å². The lowest BCUT2D eigenvalue weighted by Gasteiger charge is -2.23. The second kappa shape index (κ2) is 6.63. The Hall–Kier alpha value is -0.810. The standard InChI is InChI=1S/C10H20N2O3/c1-8(2)5-11-10(13)12-6-9-7-14-3-4-15-9/h8-9H,3-7H2,1-2H3,(H2,11,12,13). The number of amides is 2. The highest BCUT2D eigenvalue weighted by atomic mass is 16.6. The lowest BCUT2D eigenvalue weighted by molar-refractivity contribution is -0.0853. The van der Waals surface area contributed by atoms with Crippen LogP contribution in [0.1, 0.15) is 13.8 Å². The van der Waals surface area contributed by atoms with Gasteiger partial charge in [0.2, 0.25) is 0 Å². The number of rotatable bonds is 4. The molecular formula is C10H20N2O3. The number of ether oxygens (including phenoxy) is 2. The van der Waals surface area contributed by atoms with Crippen LogP contribution in [0, 0.1) is 5.92 Å². The van der Waals surface area contributed by atoms with Gasteiger partial charge in [-0.25, -0.2) is 4.79 Å². The highest BCUT2D eigenvalue weighted by molar-refractivity contribution is 5.73. The molecule has 0 aromatic heterocycles. The molecular weight excluding hydrogens is 196 g/mol. The molecule has 1 saturated heterocycles.